The molecule has 0 saturated heterocycles. The first-order chi connectivity index (χ1) is 10.6. The fraction of sp³-hybridized carbons (Fsp3) is 0.529. The Kier molecular flexibility index (Phi) is 5.81. The van der Waals surface area contributed by atoms with Gasteiger partial charge in [-0.2, -0.15) is 0 Å². The second-order valence-electron chi connectivity index (χ2n) is 5.87. The fourth-order valence-corrected chi connectivity index (χ4v) is 2.93. The van der Waals surface area contributed by atoms with Crippen molar-refractivity contribution in [3.63, 3.8) is 0 Å². The van der Waals surface area contributed by atoms with Crippen molar-refractivity contribution in [3.8, 4) is 5.75 Å². The maximum Gasteiger partial charge on any atom is 0.326 e. The molecule has 0 unspecified atom stereocenters. The predicted molar refractivity (Wildman–Crippen MR) is 82.8 cm³/mol. The van der Waals surface area contributed by atoms with E-state index >= 15 is 0 Å². The SMILES string of the molecule is COc1ccc(C[C@H](NC(=O)CC2CCCC2)C(=O)O)cc1. The number of carbonyl (C=O) groups excluding carboxylic acids is 1. The van der Waals surface area contributed by atoms with E-state index in [4.69, 9.17) is 4.74 Å². The van der Waals surface area contributed by atoms with Gasteiger partial charge in [0, 0.05) is 12.8 Å². The summed E-state index contributed by atoms with van der Waals surface area (Å²) in [5.74, 6) is -0.0280. The summed E-state index contributed by atoms with van der Waals surface area (Å²) in [5.41, 5.74) is 0.856. The number of benzene rings is 1. The van der Waals surface area contributed by atoms with E-state index in [1.165, 1.54) is 12.8 Å². The Morgan fingerprint density at radius 1 is 1.27 bits per heavy atom. The zero-order valence-electron chi connectivity index (χ0n) is 12.9. The molecule has 120 valence electrons. The lowest BCUT2D eigenvalue weighted by atomic mass is 10.0. The van der Waals surface area contributed by atoms with Crippen LogP contribution in [0.5, 0.6) is 5.75 Å². The van der Waals surface area contributed by atoms with E-state index in [-0.39, 0.29) is 12.3 Å². The van der Waals surface area contributed by atoms with Crippen LogP contribution in [-0.4, -0.2) is 30.1 Å². The van der Waals surface area contributed by atoms with Crippen LogP contribution in [0.1, 0.15) is 37.7 Å². The van der Waals surface area contributed by atoms with E-state index in [0.29, 0.717) is 12.3 Å². The lowest BCUT2D eigenvalue weighted by molar-refractivity contribution is -0.141. The number of hydrogen-bond donors (Lipinski definition) is 2. The van der Waals surface area contributed by atoms with Gasteiger partial charge in [0.05, 0.1) is 7.11 Å². The van der Waals surface area contributed by atoms with Crippen molar-refractivity contribution < 1.29 is 19.4 Å². The van der Waals surface area contributed by atoms with Gasteiger partial charge in [-0.15, -0.1) is 0 Å². The Balaban J connectivity index is 1.90. The molecule has 1 aromatic rings. The minimum absolute atomic E-state index is 0.159. The number of methoxy groups -OCH3 is 1. The molecule has 1 aliphatic carbocycles. The van der Waals surface area contributed by atoms with Crippen molar-refractivity contribution in [3.05, 3.63) is 29.8 Å². The first-order valence-corrected chi connectivity index (χ1v) is 7.73. The highest BCUT2D eigenvalue weighted by molar-refractivity contribution is 5.83. The summed E-state index contributed by atoms with van der Waals surface area (Å²) >= 11 is 0. The standard InChI is InChI=1S/C17H23NO4/c1-22-14-8-6-13(7-9-14)10-15(17(20)21)18-16(19)11-12-4-2-3-5-12/h6-9,12,15H,2-5,10-11H2,1H3,(H,18,19)(H,20,21)/t15-/m0/s1. The zero-order valence-corrected chi connectivity index (χ0v) is 12.9. The van der Waals surface area contributed by atoms with Crippen molar-refractivity contribution in [2.75, 3.05) is 7.11 Å². The highest BCUT2D eigenvalue weighted by Gasteiger charge is 2.23. The van der Waals surface area contributed by atoms with Gasteiger partial charge in [-0.25, -0.2) is 4.79 Å². The first-order valence-electron chi connectivity index (χ1n) is 7.73. The van der Waals surface area contributed by atoms with Gasteiger partial charge < -0.3 is 15.2 Å². The summed E-state index contributed by atoms with van der Waals surface area (Å²) in [6, 6.07) is 6.32. The number of hydrogen-bond acceptors (Lipinski definition) is 3. The molecule has 1 aliphatic rings. The third-order valence-corrected chi connectivity index (χ3v) is 4.18. The molecule has 0 aliphatic heterocycles. The molecular weight excluding hydrogens is 282 g/mol. The van der Waals surface area contributed by atoms with Gasteiger partial charge in [0.15, 0.2) is 0 Å². The van der Waals surface area contributed by atoms with E-state index in [1.54, 1.807) is 19.2 Å². The van der Waals surface area contributed by atoms with E-state index in [1.807, 2.05) is 12.1 Å². The fourth-order valence-electron chi connectivity index (χ4n) is 2.93. The second kappa shape index (κ2) is 7.82. The van der Waals surface area contributed by atoms with Crippen LogP contribution in [0.3, 0.4) is 0 Å². The molecule has 5 nitrogen and oxygen atoms in total. The number of ether oxygens (including phenoxy) is 1. The molecule has 1 amide bonds. The van der Waals surface area contributed by atoms with Crippen LogP contribution < -0.4 is 10.1 Å². The number of nitrogens with one attached hydrogen (secondary N) is 1. The quantitative estimate of drug-likeness (QED) is 0.811. The number of amides is 1. The van der Waals surface area contributed by atoms with Crippen LogP contribution in [-0.2, 0) is 16.0 Å². The molecule has 0 radical (unpaired) electrons. The molecule has 22 heavy (non-hydrogen) atoms. The molecule has 0 spiro atoms. The molecule has 2 rings (SSSR count). The molecule has 1 atom stereocenters. The Bertz CT molecular complexity index is 506. The van der Waals surface area contributed by atoms with Crippen LogP contribution in [0, 0.1) is 5.92 Å². The second-order valence-corrected chi connectivity index (χ2v) is 5.87. The van der Waals surface area contributed by atoms with Gasteiger partial charge >= 0.3 is 5.97 Å². The van der Waals surface area contributed by atoms with Gasteiger partial charge in [0.25, 0.3) is 0 Å². The minimum Gasteiger partial charge on any atom is -0.497 e. The van der Waals surface area contributed by atoms with Crippen molar-refractivity contribution in [2.24, 2.45) is 5.92 Å². The molecule has 1 aromatic carbocycles. The number of carbonyl (C=O) groups is 2. The van der Waals surface area contributed by atoms with Crippen molar-refractivity contribution in [1.82, 2.24) is 5.32 Å². The van der Waals surface area contributed by atoms with Gasteiger partial charge in [-0.05, 0) is 36.5 Å². The van der Waals surface area contributed by atoms with Crippen LogP contribution in [0.25, 0.3) is 0 Å². The summed E-state index contributed by atoms with van der Waals surface area (Å²) in [6.45, 7) is 0. The molecule has 0 aromatic heterocycles. The smallest absolute Gasteiger partial charge is 0.326 e. The minimum atomic E-state index is -1.00. The first kappa shape index (κ1) is 16.3. The largest absolute Gasteiger partial charge is 0.497 e. The van der Waals surface area contributed by atoms with Gasteiger partial charge in [0.1, 0.15) is 11.8 Å². The Morgan fingerprint density at radius 3 is 2.45 bits per heavy atom. The predicted octanol–water partition coefficient (Wildman–Crippen LogP) is 2.39. The number of rotatable bonds is 7. The van der Waals surface area contributed by atoms with E-state index in [2.05, 4.69) is 5.32 Å². The highest BCUT2D eigenvalue weighted by atomic mass is 16.5. The normalized spacial score (nSPS) is 16.2. The molecule has 1 saturated carbocycles. The van der Waals surface area contributed by atoms with Gasteiger partial charge in [-0.1, -0.05) is 25.0 Å². The molecular formula is C17H23NO4. The molecule has 2 N–H and O–H groups in total. The topological polar surface area (TPSA) is 75.6 Å². The molecule has 0 bridgehead atoms. The lowest BCUT2D eigenvalue weighted by Crippen LogP contribution is -2.42. The molecule has 5 heteroatoms. The highest BCUT2D eigenvalue weighted by Crippen LogP contribution is 2.27. The number of carboxylic acids is 1. The summed E-state index contributed by atoms with van der Waals surface area (Å²) in [7, 11) is 1.58. The van der Waals surface area contributed by atoms with Crippen molar-refractivity contribution in [2.45, 2.75) is 44.6 Å². The van der Waals surface area contributed by atoms with Crippen LogP contribution in [0.2, 0.25) is 0 Å². The zero-order chi connectivity index (χ0) is 15.9. The summed E-state index contributed by atoms with van der Waals surface area (Å²) in [5, 5.41) is 12.0. The van der Waals surface area contributed by atoms with Crippen molar-refractivity contribution >= 4 is 11.9 Å². The van der Waals surface area contributed by atoms with E-state index < -0.39 is 12.0 Å². The average Bonchev–Trinajstić information content (AvgIpc) is 3.00. The average molecular weight is 305 g/mol. The maximum absolute atomic E-state index is 12.0. The van der Waals surface area contributed by atoms with Crippen molar-refractivity contribution in [1.29, 1.82) is 0 Å². The summed E-state index contributed by atoms with van der Waals surface area (Å²) in [4.78, 5) is 23.4. The van der Waals surface area contributed by atoms with E-state index in [9.17, 15) is 14.7 Å². The van der Waals surface area contributed by atoms with Crippen LogP contribution in [0.15, 0.2) is 24.3 Å². The Labute approximate surface area is 130 Å². The third kappa shape index (κ3) is 4.76. The Morgan fingerprint density at radius 2 is 1.91 bits per heavy atom. The molecule has 1 fully saturated rings. The number of aliphatic carboxylic acids is 1. The maximum atomic E-state index is 12.0. The van der Waals surface area contributed by atoms with Crippen LogP contribution in [0.4, 0.5) is 0 Å². The Hall–Kier alpha value is -2.04. The van der Waals surface area contributed by atoms with Gasteiger partial charge in [0.2, 0.25) is 5.91 Å². The molecule has 0 heterocycles. The number of carboxylic acid groups (broad SMARTS) is 1. The summed E-state index contributed by atoms with van der Waals surface area (Å²) in [6.07, 6.45) is 5.20. The van der Waals surface area contributed by atoms with E-state index in [0.717, 1.165) is 24.2 Å². The lowest BCUT2D eigenvalue weighted by Gasteiger charge is -2.16. The van der Waals surface area contributed by atoms with Gasteiger partial charge in [-0.3, -0.25) is 4.79 Å². The third-order valence-electron chi connectivity index (χ3n) is 4.18. The van der Waals surface area contributed by atoms with Crippen LogP contribution >= 0.6 is 0 Å². The monoisotopic (exact) mass is 305 g/mol. The summed E-state index contributed by atoms with van der Waals surface area (Å²) < 4.78 is 5.07.